The molecular formula is C15H25N2Rb. The van der Waals surface area contributed by atoms with Gasteiger partial charge in [-0.15, -0.1) is 13.1 Å². The van der Waals surface area contributed by atoms with Gasteiger partial charge in [0.2, 0.25) is 0 Å². The minimum atomic E-state index is 0. The first-order valence-corrected chi connectivity index (χ1v) is 6.77. The van der Waals surface area contributed by atoms with E-state index in [1.54, 1.807) is 0 Å². The van der Waals surface area contributed by atoms with Crippen LogP contribution >= 0.6 is 0 Å². The molecule has 0 aliphatic carbocycles. The largest absolute Gasteiger partial charge is 1.00 e. The molecule has 0 radical (unpaired) electrons. The summed E-state index contributed by atoms with van der Waals surface area (Å²) in [5, 5.41) is 7.34. The molecule has 0 bridgehead atoms. The van der Waals surface area contributed by atoms with E-state index in [0.29, 0.717) is 0 Å². The Morgan fingerprint density at radius 2 is 1.67 bits per heavy atom. The zero-order valence-corrected chi connectivity index (χ0v) is 17.3. The third kappa shape index (κ3) is 6.92. The second-order valence-electron chi connectivity index (χ2n) is 4.39. The van der Waals surface area contributed by atoms with E-state index in [1.165, 1.54) is 17.5 Å². The Morgan fingerprint density at radius 3 is 2.11 bits per heavy atom. The van der Waals surface area contributed by atoms with Gasteiger partial charge in [-0.05, 0) is 24.1 Å². The first-order chi connectivity index (χ1) is 8.36. The van der Waals surface area contributed by atoms with Crippen LogP contribution in [0.5, 0.6) is 0 Å². The van der Waals surface area contributed by atoms with Gasteiger partial charge in [0.15, 0.2) is 0 Å². The zero-order chi connectivity index (χ0) is 12.5. The van der Waals surface area contributed by atoms with Crippen molar-refractivity contribution in [3.05, 3.63) is 40.7 Å². The van der Waals surface area contributed by atoms with E-state index in [0.717, 1.165) is 32.1 Å². The van der Waals surface area contributed by atoms with Crippen LogP contribution in [0.15, 0.2) is 24.3 Å². The van der Waals surface area contributed by atoms with Gasteiger partial charge in [0.05, 0.1) is 0 Å². The van der Waals surface area contributed by atoms with Crippen molar-refractivity contribution in [2.45, 2.75) is 33.7 Å². The van der Waals surface area contributed by atoms with Crippen LogP contribution in [0.3, 0.4) is 0 Å². The van der Waals surface area contributed by atoms with Crippen molar-refractivity contribution in [2.24, 2.45) is 5.92 Å². The molecular weight excluding hydrogens is 294 g/mol. The predicted molar refractivity (Wildman–Crippen MR) is 75.5 cm³/mol. The smallest absolute Gasteiger partial charge is 0.662 e. The number of hydrogen-bond donors (Lipinski definition) is 1. The van der Waals surface area contributed by atoms with Gasteiger partial charge in [-0.3, -0.25) is 0 Å². The third-order valence-electron chi connectivity index (χ3n) is 2.89. The molecule has 1 fully saturated rings. The summed E-state index contributed by atoms with van der Waals surface area (Å²) >= 11 is 0. The van der Waals surface area contributed by atoms with Crippen LogP contribution in [-0.4, -0.2) is 19.6 Å². The minimum absolute atomic E-state index is 0. The molecule has 0 saturated carbocycles. The monoisotopic (exact) mass is 318 g/mol. The number of nitrogens with zero attached hydrogens (tertiary/aromatic N) is 1. The van der Waals surface area contributed by atoms with E-state index < -0.39 is 0 Å². The van der Waals surface area contributed by atoms with Crippen molar-refractivity contribution < 1.29 is 58.2 Å². The Labute approximate surface area is 161 Å². The molecule has 0 unspecified atom stereocenters. The quantitative estimate of drug-likeness (QED) is 0.735. The molecule has 2 aliphatic rings. The SMILES string of the molecule is CC.CC1C[N-]C1.[Rb+].c1ccc2c(c1)CCNC2. The van der Waals surface area contributed by atoms with Crippen molar-refractivity contribution in [2.75, 3.05) is 19.6 Å². The van der Waals surface area contributed by atoms with E-state index in [2.05, 4.69) is 41.8 Å². The summed E-state index contributed by atoms with van der Waals surface area (Å²) in [5.74, 6) is 0.898. The molecule has 18 heavy (non-hydrogen) atoms. The summed E-state index contributed by atoms with van der Waals surface area (Å²) in [6.45, 7) is 10.6. The molecule has 0 atom stereocenters. The second kappa shape index (κ2) is 11.7. The molecule has 1 aromatic rings. The number of fused-ring (bicyclic) bond motifs is 1. The van der Waals surface area contributed by atoms with Crippen LogP contribution < -0.4 is 63.5 Å². The number of nitrogens with one attached hydrogen (secondary N) is 1. The second-order valence-corrected chi connectivity index (χ2v) is 4.39. The Hall–Kier alpha value is 0.945. The van der Waals surface area contributed by atoms with Gasteiger partial charge in [0.1, 0.15) is 0 Å². The number of hydrogen-bond acceptors (Lipinski definition) is 1. The van der Waals surface area contributed by atoms with E-state index >= 15 is 0 Å². The summed E-state index contributed by atoms with van der Waals surface area (Å²) in [4.78, 5) is 0. The van der Waals surface area contributed by atoms with Gasteiger partial charge in [-0.2, -0.15) is 0 Å². The number of rotatable bonds is 0. The Balaban J connectivity index is 0.000000310. The van der Waals surface area contributed by atoms with Gasteiger partial charge in [0.25, 0.3) is 0 Å². The van der Waals surface area contributed by atoms with Crippen molar-refractivity contribution in [1.29, 1.82) is 0 Å². The molecule has 1 N–H and O–H groups in total. The van der Waals surface area contributed by atoms with Crippen LogP contribution in [0.25, 0.3) is 5.32 Å². The van der Waals surface area contributed by atoms with Crippen LogP contribution in [0.2, 0.25) is 0 Å². The Bertz CT molecular complexity index is 286. The normalized spacial score (nSPS) is 16.6. The zero-order valence-electron chi connectivity index (χ0n) is 12.4. The van der Waals surface area contributed by atoms with Crippen molar-refractivity contribution in [1.82, 2.24) is 5.32 Å². The van der Waals surface area contributed by atoms with Crippen LogP contribution in [0.4, 0.5) is 0 Å². The molecule has 3 rings (SSSR count). The van der Waals surface area contributed by atoms with Crippen molar-refractivity contribution in [3.63, 3.8) is 0 Å². The molecule has 0 spiro atoms. The molecule has 2 nitrogen and oxygen atoms in total. The summed E-state index contributed by atoms with van der Waals surface area (Å²) in [5.41, 5.74) is 2.98. The maximum absolute atomic E-state index is 4.00. The molecule has 3 heteroatoms. The first kappa shape index (κ1) is 18.9. The average molecular weight is 319 g/mol. The molecule has 2 heterocycles. The van der Waals surface area contributed by atoms with E-state index in [1.807, 2.05) is 13.8 Å². The minimum Gasteiger partial charge on any atom is -0.662 e. The summed E-state index contributed by atoms with van der Waals surface area (Å²) in [7, 11) is 0. The van der Waals surface area contributed by atoms with Gasteiger partial charge in [-0.25, -0.2) is 0 Å². The van der Waals surface area contributed by atoms with E-state index in [4.69, 9.17) is 0 Å². The van der Waals surface area contributed by atoms with E-state index in [9.17, 15) is 0 Å². The van der Waals surface area contributed by atoms with Gasteiger partial charge >= 0.3 is 58.2 Å². The standard InChI is InChI=1S/C9H11N.C4H8N.C2H6.Rb/c1-2-4-9-7-10-6-5-8(9)3-1;1-4-2-5-3-4;1-2;/h1-4,10H,5-7H2;4H,2-3H2,1H3;1-2H3;/q;-1;;+1. The molecule has 1 saturated heterocycles. The summed E-state index contributed by atoms with van der Waals surface area (Å²) in [6.07, 6.45) is 1.19. The van der Waals surface area contributed by atoms with Gasteiger partial charge in [-0.1, -0.05) is 51.0 Å². The fourth-order valence-electron chi connectivity index (χ4n) is 1.81. The molecule has 2 aliphatic heterocycles. The summed E-state index contributed by atoms with van der Waals surface area (Å²) < 4.78 is 0. The first-order valence-electron chi connectivity index (χ1n) is 6.77. The van der Waals surface area contributed by atoms with E-state index in [-0.39, 0.29) is 58.2 Å². The molecule has 96 valence electrons. The topological polar surface area (TPSA) is 26.1 Å². The predicted octanol–water partition coefficient (Wildman–Crippen LogP) is 0.372. The van der Waals surface area contributed by atoms with Crippen LogP contribution in [0, 0.1) is 5.92 Å². The maximum atomic E-state index is 4.00. The van der Waals surface area contributed by atoms with Crippen molar-refractivity contribution in [3.8, 4) is 0 Å². The molecule has 1 aromatic carbocycles. The van der Waals surface area contributed by atoms with Crippen molar-refractivity contribution >= 4 is 0 Å². The van der Waals surface area contributed by atoms with Gasteiger partial charge < -0.3 is 10.6 Å². The number of benzene rings is 1. The Morgan fingerprint density at radius 1 is 1.11 bits per heavy atom. The fourth-order valence-corrected chi connectivity index (χ4v) is 1.81. The average Bonchev–Trinajstić information content (AvgIpc) is 2.40. The fraction of sp³-hybridized carbons (Fsp3) is 0.600. The third-order valence-corrected chi connectivity index (χ3v) is 2.89. The molecule has 0 amide bonds. The van der Waals surface area contributed by atoms with Crippen LogP contribution in [0.1, 0.15) is 31.9 Å². The van der Waals surface area contributed by atoms with Crippen LogP contribution in [-0.2, 0) is 13.0 Å². The van der Waals surface area contributed by atoms with Gasteiger partial charge in [0, 0.05) is 6.54 Å². The summed E-state index contributed by atoms with van der Waals surface area (Å²) in [6, 6.07) is 8.63. The maximum Gasteiger partial charge on any atom is 1.00 e. The molecule has 0 aromatic heterocycles. The Kier molecular flexibility index (Phi) is 12.4.